The average molecular weight is 390 g/mol. The summed E-state index contributed by atoms with van der Waals surface area (Å²) in [7, 11) is 0. The van der Waals surface area contributed by atoms with Crippen molar-refractivity contribution in [2.75, 3.05) is 0 Å². The summed E-state index contributed by atoms with van der Waals surface area (Å²) in [5.74, 6) is -0.111. The fourth-order valence-electron chi connectivity index (χ4n) is 2.27. The third kappa shape index (κ3) is 5.43. The monoisotopic (exact) mass is 390 g/mol. The van der Waals surface area contributed by atoms with Gasteiger partial charge in [-0.1, -0.05) is 32.0 Å². The molecule has 1 atom stereocenters. The minimum atomic E-state index is -0.586. The molecule has 0 spiro atoms. The van der Waals surface area contributed by atoms with E-state index in [1.54, 1.807) is 25.6 Å². The summed E-state index contributed by atoms with van der Waals surface area (Å²) in [6.45, 7) is 7.29. The smallest absolute Gasteiger partial charge is 0.287 e. The number of nitrogens with one attached hydrogen (secondary N) is 2. The Labute approximate surface area is 161 Å². The zero-order valence-electron chi connectivity index (χ0n) is 13.6. The van der Waals surface area contributed by atoms with E-state index >= 15 is 0 Å². The predicted octanol–water partition coefficient (Wildman–Crippen LogP) is 2.87. The van der Waals surface area contributed by atoms with Gasteiger partial charge in [-0.2, -0.15) is 6.92 Å². The minimum Gasteiger partial charge on any atom is -0.504 e. The first-order valence-corrected chi connectivity index (χ1v) is 7.39. The molecule has 0 fully saturated rings. The van der Waals surface area contributed by atoms with Gasteiger partial charge < -0.3 is 15.1 Å². The fourth-order valence-corrected chi connectivity index (χ4v) is 2.27. The van der Waals surface area contributed by atoms with Gasteiger partial charge in [-0.05, 0) is 24.5 Å². The van der Waals surface area contributed by atoms with E-state index in [4.69, 9.17) is 4.42 Å². The Balaban J connectivity index is 0.00000264. The number of furan rings is 1. The van der Waals surface area contributed by atoms with Gasteiger partial charge in [-0.3, -0.25) is 9.59 Å². The maximum atomic E-state index is 12.3. The molecule has 0 aliphatic rings. The van der Waals surface area contributed by atoms with Crippen molar-refractivity contribution in [3.63, 3.8) is 0 Å². The van der Waals surface area contributed by atoms with E-state index < -0.39 is 6.04 Å². The zero-order chi connectivity index (χ0) is 16.1. The van der Waals surface area contributed by atoms with Gasteiger partial charge >= 0.3 is 0 Å². The first-order chi connectivity index (χ1) is 10.5. The van der Waals surface area contributed by atoms with Crippen LogP contribution < -0.4 is 10.6 Å². The van der Waals surface area contributed by atoms with E-state index in [1.165, 1.54) is 0 Å². The first kappa shape index (κ1) is 19.8. The Kier molecular flexibility index (Phi) is 7.93. The number of hydrogen-bond acceptors (Lipinski definition) is 3. The molecule has 1 aromatic carbocycles. The van der Waals surface area contributed by atoms with Crippen LogP contribution in [0.4, 0.5) is 0 Å². The average Bonchev–Trinajstić information content (AvgIpc) is 2.90. The van der Waals surface area contributed by atoms with Crippen LogP contribution in [0.15, 0.2) is 34.7 Å². The second-order valence-corrected chi connectivity index (χ2v) is 5.60. The van der Waals surface area contributed by atoms with E-state index in [1.807, 2.05) is 32.0 Å². The number of hydrogen-bond donors (Lipinski definition) is 2. The van der Waals surface area contributed by atoms with Gasteiger partial charge in [0.25, 0.3) is 5.91 Å². The summed E-state index contributed by atoms with van der Waals surface area (Å²) in [4.78, 5) is 24.3. The summed E-state index contributed by atoms with van der Waals surface area (Å²) < 4.78 is 5.52. The van der Waals surface area contributed by atoms with Crippen LogP contribution in [0.2, 0.25) is 0 Å². The van der Waals surface area contributed by atoms with E-state index in [-0.39, 0.29) is 56.2 Å². The fraction of sp³-hybridized carbons (Fsp3) is 0.353. The molecule has 0 bridgehead atoms. The van der Waals surface area contributed by atoms with Crippen LogP contribution in [-0.2, 0) is 37.5 Å². The van der Waals surface area contributed by atoms with Gasteiger partial charge in [-0.25, -0.2) is 6.54 Å². The third-order valence-electron chi connectivity index (χ3n) is 3.26. The number of carbonyl (C=O) groups excluding carboxylic acids is 2. The molecule has 5 nitrogen and oxygen atoms in total. The van der Waals surface area contributed by atoms with Gasteiger partial charge in [0.2, 0.25) is 5.91 Å². The van der Waals surface area contributed by atoms with Crippen LogP contribution in [-0.4, -0.2) is 17.9 Å². The third-order valence-corrected chi connectivity index (χ3v) is 3.26. The maximum absolute atomic E-state index is 12.3. The van der Waals surface area contributed by atoms with Crippen LogP contribution in [0.25, 0.3) is 11.0 Å². The van der Waals surface area contributed by atoms with Crippen LogP contribution in [0, 0.1) is 12.5 Å². The van der Waals surface area contributed by atoms with Crippen molar-refractivity contribution in [1.82, 2.24) is 10.6 Å². The van der Waals surface area contributed by atoms with Crippen molar-refractivity contribution < 1.29 is 46.7 Å². The van der Waals surface area contributed by atoms with E-state index in [0.717, 1.165) is 5.39 Å². The molecule has 121 valence electrons. The standard InChI is InChI=1S/C17H21N2O3.Y/c1-4-18-16(20)13(9-11(2)3)19-17(21)15-10-12-7-5-6-8-14(12)22-15;/h4-8,10-11,13H,9H2,1-3H3,(H,18,20)(H,19,21);/q-1;/t13-;/m0./s1. The zero-order valence-corrected chi connectivity index (χ0v) is 16.5. The van der Waals surface area contributed by atoms with Crippen molar-refractivity contribution in [3.8, 4) is 0 Å². The van der Waals surface area contributed by atoms with Crippen molar-refractivity contribution >= 4 is 22.8 Å². The molecule has 2 amide bonds. The molecule has 23 heavy (non-hydrogen) atoms. The predicted molar refractivity (Wildman–Crippen MR) is 85.0 cm³/mol. The number of rotatable bonds is 6. The molecular weight excluding hydrogens is 369 g/mol. The summed E-state index contributed by atoms with van der Waals surface area (Å²) >= 11 is 0. The van der Waals surface area contributed by atoms with Gasteiger partial charge in [0.05, 0.1) is 0 Å². The Morgan fingerprint density at radius 2 is 1.96 bits per heavy atom. The molecule has 2 N–H and O–H groups in total. The summed E-state index contributed by atoms with van der Waals surface area (Å²) in [5.41, 5.74) is 0.652. The quantitative estimate of drug-likeness (QED) is 0.746. The van der Waals surface area contributed by atoms with Crippen LogP contribution in [0.5, 0.6) is 0 Å². The number of amides is 2. The summed E-state index contributed by atoms with van der Waals surface area (Å²) in [6, 6.07) is 8.50. The summed E-state index contributed by atoms with van der Waals surface area (Å²) in [5, 5.41) is 6.23. The topological polar surface area (TPSA) is 71.3 Å². The SMILES string of the molecule is C[CH-]NC(=O)[C@H](CC(C)C)NC(=O)c1cc2ccccc2o1.[Y]. The second-order valence-electron chi connectivity index (χ2n) is 5.60. The number of benzene rings is 1. The Hall–Kier alpha value is -1.20. The normalized spacial score (nSPS) is 11.8. The van der Waals surface area contributed by atoms with E-state index in [0.29, 0.717) is 12.0 Å². The Bertz CT molecular complexity index is 634. The molecule has 0 aliphatic carbocycles. The number of carbonyl (C=O) groups is 2. The van der Waals surface area contributed by atoms with Crippen molar-refractivity contribution in [2.45, 2.75) is 33.2 Å². The Morgan fingerprint density at radius 3 is 2.57 bits per heavy atom. The molecule has 1 radical (unpaired) electrons. The van der Waals surface area contributed by atoms with E-state index in [2.05, 4.69) is 10.6 Å². The Morgan fingerprint density at radius 1 is 1.26 bits per heavy atom. The number of para-hydroxylation sites is 1. The van der Waals surface area contributed by atoms with Crippen LogP contribution in [0.3, 0.4) is 0 Å². The molecule has 1 aromatic heterocycles. The first-order valence-electron chi connectivity index (χ1n) is 7.39. The van der Waals surface area contributed by atoms with Gasteiger partial charge in [0.15, 0.2) is 5.76 Å². The molecule has 6 heteroatoms. The largest absolute Gasteiger partial charge is 0.504 e. The second kappa shape index (κ2) is 9.19. The molecule has 1 heterocycles. The molecule has 0 saturated carbocycles. The minimum absolute atomic E-state index is 0. The molecule has 0 saturated heterocycles. The van der Waals surface area contributed by atoms with Gasteiger partial charge in [-0.15, -0.1) is 0 Å². The maximum Gasteiger partial charge on any atom is 0.287 e. The molecular formula is C17H21N2O3Y-. The molecule has 2 aromatic rings. The molecule has 2 rings (SSSR count). The van der Waals surface area contributed by atoms with Gasteiger partial charge in [0.1, 0.15) is 11.6 Å². The van der Waals surface area contributed by atoms with Crippen molar-refractivity contribution in [2.24, 2.45) is 5.92 Å². The molecule has 0 aliphatic heterocycles. The summed E-state index contributed by atoms with van der Waals surface area (Å²) in [6.07, 6.45) is 0.561. The number of fused-ring (bicyclic) bond motifs is 1. The van der Waals surface area contributed by atoms with Gasteiger partial charge in [0, 0.05) is 38.1 Å². The van der Waals surface area contributed by atoms with Crippen LogP contribution in [0.1, 0.15) is 37.7 Å². The van der Waals surface area contributed by atoms with Crippen molar-refractivity contribution in [1.29, 1.82) is 0 Å². The van der Waals surface area contributed by atoms with Crippen LogP contribution >= 0.6 is 0 Å². The van der Waals surface area contributed by atoms with E-state index in [9.17, 15) is 9.59 Å². The van der Waals surface area contributed by atoms with Crippen molar-refractivity contribution in [3.05, 3.63) is 42.6 Å². The molecule has 0 unspecified atom stereocenters.